The van der Waals surface area contributed by atoms with Gasteiger partial charge in [0, 0.05) is 52.6 Å². The zero-order valence-electron chi connectivity index (χ0n) is 18.2. The number of aryl methyl sites for hydroxylation is 1. The van der Waals surface area contributed by atoms with Crippen LogP contribution in [0.3, 0.4) is 0 Å². The minimum Gasteiger partial charge on any atom is -0.399 e. The average Bonchev–Trinajstić information content (AvgIpc) is 3.24. The molecule has 5 rings (SSSR count). The van der Waals surface area contributed by atoms with Crippen molar-refractivity contribution in [1.29, 1.82) is 0 Å². The summed E-state index contributed by atoms with van der Waals surface area (Å²) in [6.07, 6.45) is 6.26. The summed E-state index contributed by atoms with van der Waals surface area (Å²) >= 11 is 0. The monoisotopic (exact) mass is 468 g/mol. The summed E-state index contributed by atoms with van der Waals surface area (Å²) in [5.74, 6) is -0.347. The van der Waals surface area contributed by atoms with Gasteiger partial charge in [0.1, 0.15) is 0 Å². The largest absolute Gasteiger partial charge is 0.399 e. The molecule has 3 heterocycles. The fourth-order valence-corrected chi connectivity index (χ4v) is 5.12. The van der Waals surface area contributed by atoms with Crippen LogP contribution in [0.5, 0.6) is 0 Å². The molecule has 34 heavy (non-hydrogen) atoms. The molecule has 0 aliphatic heterocycles. The molecule has 2 N–H and O–H groups in total. The predicted octanol–water partition coefficient (Wildman–Crippen LogP) is 4.46. The Hall–Kier alpha value is -4.30. The number of nitrogen functional groups attached to an aromatic ring is 1. The van der Waals surface area contributed by atoms with Crippen LogP contribution >= 0.6 is 0 Å². The quantitative estimate of drug-likeness (QED) is 0.301. The van der Waals surface area contributed by atoms with Crippen molar-refractivity contribution in [2.75, 3.05) is 5.73 Å². The third kappa shape index (κ3) is 3.74. The van der Waals surface area contributed by atoms with Gasteiger partial charge in [-0.1, -0.05) is 35.9 Å². The van der Waals surface area contributed by atoms with E-state index in [9.17, 15) is 13.2 Å². The molecule has 5 aromatic rings. The summed E-state index contributed by atoms with van der Waals surface area (Å²) < 4.78 is 28.1. The number of fused-ring (bicyclic) bond motifs is 1. The number of carbonyl (C=O) groups is 1. The van der Waals surface area contributed by atoms with Crippen LogP contribution in [0.4, 0.5) is 5.69 Å². The van der Waals surface area contributed by atoms with Crippen molar-refractivity contribution in [3.05, 3.63) is 108 Å². The summed E-state index contributed by atoms with van der Waals surface area (Å²) in [4.78, 5) is 22.2. The highest BCUT2D eigenvalue weighted by atomic mass is 32.2. The molecule has 168 valence electrons. The molecule has 0 bridgehead atoms. The van der Waals surface area contributed by atoms with E-state index in [4.69, 9.17) is 5.73 Å². The van der Waals surface area contributed by atoms with E-state index in [1.165, 1.54) is 6.20 Å². The number of hydrogen-bond acceptors (Lipinski definition) is 6. The second kappa shape index (κ2) is 8.24. The first kappa shape index (κ1) is 21.5. The second-order valence-corrected chi connectivity index (χ2v) is 9.76. The van der Waals surface area contributed by atoms with E-state index in [0.717, 1.165) is 15.1 Å². The van der Waals surface area contributed by atoms with Gasteiger partial charge >= 0.3 is 0 Å². The van der Waals surface area contributed by atoms with Gasteiger partial charge in [-0.2, -0.15) is 0 Å². The molecule has 0 saturated heterocycles. The predicted molar refractivity (Wildman–Crippen MR) is 131 cm³/mol. The number of nitrogens with zero attached hydrogens (tertiary/aromatic N) is 3. The average molecular weight is 469 g/mol. The number of rotatable bonds is 5. The molecule has 0 unspecified atom stereocenters. The van der Waals surface area contributed by atoms with Crippen LogP contribution in [-0.4, -0.2) is 28.1 Å². The Balaban J connectivity index is 1.75. The van der Waals surface area contributed by atoms with Crippen molar-refractivity contribution in [1.82, 2.24) is 13.9 Å². The Morgan fingerprint density at radius 1 is 0.941 bits per heavy atom. The molecular formula is C26H20N4O3S. The molecule has 0 amide bonds. The fourth-order valence-electron chi connectivity index (χ4n) is 3.79. The number of anilines is 1. The number of nitrogens with two attached hydrogens (primary N) is 1. The van der Waals surface area contributed by atoms with Gasteiger partial charge in [0.15, 0.2) is 11.4 Å². The van der Waals surface area contributed by atoms with Crippen LogP contribution in [0, 0.1) is 6.92 Å². The van der Waals surface area contributed by atoms with Crippen LogP contribution in [0.25, 0.3) is 22.2 Å². The molecule has 2 aromatic carbocycles. The van der Waals surface area contributed by atoms with E-state index in [1.54, 1.807) is 79.3 Å². The number of benzene rings is 2. The molecule has 0 spiro atoms. The summed E-state index contributed by atoms with van der Waals surface area (Å²) in [6.45, 7) is 1.88. The van der Waals surface area contributed by atoms with Crippen molar-refractivity contribution < 1.29 is 13.2 Å². The molecule has 0 atom stereocenters. The van der Waals surface area contributed by atoms with E-state index in [2.05, 4.69) is 9.97 Å². The van der Waals surface area contributed by atoms with Crippen LogP contribution < -0.4 is 5.73 Å². The van der Waals surface area contributed by atoms with Crippen LogP contribution in [0.15, 0.2) is 96.4 Å². The Labute approximate surface area is 196 Å². The van der Waals surface area contributed by atoms with Gasteiger partial charge < -0.3 is 5.73 Å². The highest BCUT2D eigenvalue weighted by molar-refractivity contribution is 7.90. The van der Waals surface area contributed by atoms with Gasteiger partial charge in [0.2, 0.25) is 0 Å². The molecule has 0 fully saturated rings. The lowest BCUT2D eigenvalue weighted by Crippen LogP contribution is -2.12. The standard InChI is InChI=1S/C26H20N4O3S/c1-17-7-9-22(10-8-17)34(32,33)30-16-24(25(31)18-4-2-6-21(27)12-18)23-13-20(15-29-26(23)30)19-5-3-11-28-14-19/h2-16H,27H2,1H3. The van der Waals surface area contributed by atoms with Gasteiger partial charge in [-0.05, 0) is 43.3 Å². The fraction of sp³-hybridized carbons (Fsp3) is 0.0385. The first-order valence-corrected chi connectivity index (χ1v) is 11.9. The molecule has 7 nitrogen and oxygen atoms in total. The maximum atomic E-state index is 13.5. The highest BCUT2D eigenvalue weighted by Gasteiger charge is 2.25. The topological polar surface area (TPSA) is 108 Å². The van der Waals surface area contributed by atoms with Crippen molar-refractivity contribution in [2.45, 2.75) is 11.8 Å². The number of aromatic nitrogens is 3. The van der Waals surface area contributed by atoms with Crippen LogP contribution in [-0.2, 0) is 10.0 Å². The van der Waals surface area contributed by atoms with E-state index in [1.807, 2.05) is 13.0 Å². The Kier molecular flexibility index (Phi) is 5.22. The summed E-state index contributed by atoms with van der Waals surface area (Å²) in [5.41, 5.74) is 9.52. The van der Waals surface area contributed by atoms with Crippen LogP contribution in [0.2, 0.25) is 0 Å². The van der Waals surface area contributed by atoms with Gasteiger partial charge in [0.25, 0.3) is 10.0 Å². The molecule has 3 aromatic heterocycles. The normalized spacial score (nSPS) is 11.6. The molecule has 0 saturated carbocycles. The molecule has 8 heteroatoms. The minimum absolute atomic E-state index is 0.107. The Morgan fingerprint density at radius 3 is 2.44 bits per heavy atom. The van der Waals surface area contributed by atoms with Crippen molar-refractivity contribution >= 4 is 32.5 Å². The molecule has 0 aliphatic carbocycles. The summed E-state index contributed by atoms with van der Waals surface area (Å²) in [7, 11) is -4.00. The number of hydrogen-bond donors (Lipinski definition) is 1. The maximum Gasteiger partial charge on any atom is 0.269 e. The highest BCUT2D eigenvalue weighted by Crippen LogP contribution is 2.30. The van der Waals surface area contributed by atoms with Crippen molar-refractivity contribution in [3.63, 3.8) is 0 Å². The third-order valence-electron chi connectivity index (χ3n) is 5.58. The summed E-state index contributed by atoms with van der Waals surface area (Å²) in [6, 6.07) is 18.6. The van der Waals surface area contributed by atoms with E-state index < -0.39 is 10.0 Å². The molecule has 0 radical (unpaired) electrons. The zero-order valence-corrected chi connectivity index (χ0v) is 19.0. The van der Waals surface area contributed by atoms with Crippen LogP contribution in [0.1, 0.15) is 21.5 Å². The van der Waals surface area contributed by atoms with E-state index in [0.29, 0.717) is 22.2 Å². The first-order valence-electron chi connectivity index (χ1n) is 10.5. The number of pyridine rings is 2. The smallest absolute Gasteiger partial charge is 0.269 e. The maximum absolute atomic E-state index is 13.5. The Morgan fingerprint density at radius 2 is 1.74 bits per heavy atom. The van der Waals surface area contributed by atoms with Gasteiger partial charge in [-0.3, -0.25) is 9.78 Å². The van der Waals surface area contributed by atoms with E-state index >= 15 is 0 Å². The van der Waals surface area contributed by atoms with E-state index in [-0.39, 0.29) is 21.9 Å². The van der Waals surface area contributed by atoms with Gasteiger partial charge in [-0.15, -0.1) is 0 Å². The molecule has 0 aliphatic rings. The number of ketones is 1. The lowest BCUT2D eigenvalue weighted by Gasteiger charge is -2.08. The molecular weight excluding hydrogens is 448 g/mol. The van der Waals surface area contributed by atoms with Crippen molar-refractivity contribution in [3.8, 4) is 11.1 Å². The lowest BCUT2D eigenvalue weighted by atomic mass is 10.0. The third-order valence-corrected chi connectivity index (χ3v) is 7.24. The number of carbonyl (C=O) groups excluding carboxylic acids is 1. The van der Waals surface area contributed by atoms with Crippen molar-refractivity contribution in [2.24, 2.45) is 0 Å². The van der Waals surface area contributed by atoms with Gasteiger partial charge in [-0.25, -0.2) is 17.4 Å². The first-order chi connectivity index (χ1) is 16.3. The van der Waals surface area contributed by atoms with Gasteiger partial charge in [0.05, 0.1) is 10.5 Å². The minimum atomic E-state index is -4.00. The SMILES string of the molecule is Cc1ccc(S(=O)(=O)n2cc(C(=O)c3cccc(N)c3)c3cc(-c4cccnc4)cnc32)cc1. The lowest BCUT2D eigenvalue weighted by molar-refractivity contribution is 0.104. The Bertz CT molecular complexity index is 1640. The summed E-state index contributed by atoms with van der Waals surface area (Å²) in [5, 5.41) is 0.421. The zero-order chi connectivity index (χ0) is 23.9. The second-order valence-electron chi connectivity index (χ2n) is 7.95.